The molecule has 0 amide bonds. The van der Waals surface area contributed by atoms with Crippen LogP contribution in [0.25, 0.3) is 5.70 Å². The number of allylic oxidation sites excluding steroid dienone is 1. The van der Waals surface area contributed by atoms with Crippen molar-refractivity contribution in [1.29, 1.82) is 5.26 Å². The van der Waals surface area contributed by atoms with Crippen molar-refractivity contribution >= 4 is 5.70 Å². The van der Waals surface area contributed by atoms with E-state index in [0.717, 1.165) is 5.76 Å². The minimum Gasteiger partial charge on any atom is -0.460 e. The lowest BCUT2D eigenvalue weighted by Gasteiger charge is -1.95. The van der Waals surface area contributed by atoms with Gasteiger partial charge in [-0.05, 0) is 26.0 Å². The molecule has 2 N–H and O–H groups in total. The Balaban J connectivity index is 3.09. The molecule has 0 saturated heterocycles. The summed E-state index contributed by atoms with van der Waals surface area (Å²) in [6.45, 7) is 3.49. The van der Waals surface area contributed by atoms with Gasteiger partial charge in [0.1, 0.15) is 5.76 Å². The van der Waals surface area contributed by atoms with Crippen LogP contribution in [0.15, 0.2) is 22.1 Å². The van der Waals surface area contributed by atoms with Crippen molar-refractivity contribution in [3.8, 4) is 6.07 Å². The predicted molar refractivity (Wildman–Crippen MR) is 45.8 cm³/mol. The van der Waals surface area contributed by atoms with Gasteiger partial charge < -0.3 is 10.2 Å². The number of nitriles is 1. The van der Waals surface area contributed by atoms with E-state index < -0.39 is 0 Å². The van der Waals surface area contributed by atoms with Crippen molar-refractivity contribution in [2.45, 2.75) is 13.8 Å². The Kier molecular flexibility index (Phi) is 2.20. The van der Waals surface area contributed by atoms with Gasteiger partial charge in [-0.25, -0.2) is 0 Å². The molecule has 0 saturated carbocycles. The third-order valence-corrected chi connectivity index (χ3v) is 1.58. The molecule has 0 bridgehead atoms. The molecular formula is C9H10N2O. The van der Waals surface area contributed by atoms with Crippen LogP contribution in [0, 0.1) is 18.3 Å². The highest BCUT2D eigenvalue weighted by Gasteiger charge is 2.04. The van der Waals surface area contributed by atoms with Gasteiger partial charge in [-0.2, -0.15) is 5.26 Å². The van der Waals surface area contributed by atoms with Crippen molar-refractivity contribution in [1.82, 2.24) is 0 Å². The molecule has 0 aromatic carbocycles. The lowest BCUT2D eigenvalue weighted by atomic mass is 10.2. The summed E-state index contributed by atoms with van der Waals surface area (Å²) >= 11 is 0. The van der Waals surface area contributed by atoms with Crippen molar-refractivity contribution in [2.24, 2.45) is 5.73 Å². The van der Waals surface area contributed by atoms with E-state index in [1.165, 1.54) is 0 Å². The SMILES string of the molecule is C/C(C#N)=C(/N)c1ccc(C)o1. The van der Waals surface area contributed by atoms with Crippen LogP contribution < -0.4 is 5.73 Å². The standard InChI is InChI=1S/C9H10N2O/c1-6(5-10)9(11)8-4-3-7(2)12-8/h3-4H,11H2,1-2H3/b9-6-. The van der Waals surface area contributed by atoms with Gasteiger partial charge in [0.15, 0.2) is 5.76 Å². The highest BCUT2D eigenvalue weighted by Crippen LogP contribution is 2.15. The summed E-state index contributed by atoms with van der Waals surface area (Å²) in [5.74, 6) is 1.35. The van der Waals surface area contributed by atoms with Crippen LogP contribution >= 0.6 is 0 Å². The first-order valence-corrected chi connectivity index (χ1v) is 3.58. The highest BCUT2D eigenvalue weighted by molar-refractivity contribution is 5.64. The number of nitrogens with zero attached hydrogens (tertiary/aromatic N) is 1. The molecule has 0 aliphatic rings. The molecular weight excluding hydrogens is 152 g/mol. The van der Waals surface area contributed by atoms with Crippen molar-refractivity contribution < 1.29 is 4.42 Å². The smallest absolute Gasteiger partial charge is 0.150 e. The van der Waals surface area contributed by atoms with E-state index >= 15 is 0 Å². The second kappa shape index (κ2) is 3.14. The van der Waals surface area contributed by atoms with E-state index in [1.54, 1.807) is 13.0 Å². The number of aryl methyl sites for hydroxylation is 1. The number of furan rings is 1. The Morgan fingerprint density at radius 3 is 2.67 bits per heavy atom. The van der Waals surface area contributed by atoms with E-state index in [0.29, 0.717) is 17.0 Å². The molecule has 1 aromatic heterocycles. The zero-order valence-electron chi connectivity index (χ0n) is 7.09. The monoisotopic (exact) mass is 162 g/mol. The molecule has 1 heterocycles. The third-order valence-electron chi connectivity index (χ3n) is 1.58. The summed E-state index contributed by atoms with van der Waals surface area (Å²) in [5, 5.41) is 8.54. The van der Waals surface area contributed by atoms with E-state index in [-0.39, 0.29) is 0 Å². The van der Waals surface area contributed by atoms with Gasteiger partial charge in [0.05, 0.1) is 17.3 Å². The van der Waals surface area contributed by atoms with Crippen LogP contribution in [0.2, 0.25) is 0 Å². The van der Waals surface area contributed by atoms with E-state index in [9.17, 15) is 0 Å². The summed E-state index contributed by atoms with van der Waals surface area (Å²) in [7, 11) is 0. The molecule has 3 nitrogen and oxygen atoms in total. The zero-order valence-corrected chi connectivity index (χ0v) is 7.09. The lowest BCUT2D eigenvalue weighted by molar-refractivity contribution is 0.520. The molecule has 0 unspecified atom stereocenters. The quantitative estimate of drug-likeness (QED) is 0.640. The Bertz CT molecular complexity index is 355. The van der Waals surface area contributed by atoms with Crippen LogP contribution in [-0.4, -0.2) is 0 Å². The first-order chi connectivity index (χ1) is 5.65. The Labute approximate surface area is 71.1 Å². The van der Waals surface area contributed by atoms with Crippen molar-refractivity contribution in [2.75, 3.05) is 0 Å². The second-order valence-electron chi connectivity index (χ2n) is 2.56. The molecule has 62 valence electrons. The van der Waals surface area contributed by atoms with E-state index in [4.69, 9.17) is 15.4 Å². The zero-order chi connectivity index (χ0) is 9.14. The molecule has 1 aromatic rings. The number of hydrogen-bond donors (Lipinski definition) is 1. The molecule has 0 aliphatic carbocycles. The number of hydrogen-bond acceptors (Lipinski definition) is 3. The summed E-state index contributed by atoms with van der Waals surface area (Å²) in [4.78, 5) is 0. The summed E-state index contributed by atoms with van der Waals surface area (Å²) in [5.41, 5.74) is 6.51. The summed E-state index contributed by atoms with van der Waals surface area (Å²) < 4.78 is 5.23. The summed E-state index contributed by atoms with van der Waals surface area (Å²) in [6, 6.07) is 5.53. The molecule has 0 atom stereocenters. The number of nitrogens with two attached hydrogens (primary N) is 1. The fourth-order valence-corrected chi connectivity index (χ4v) is 0.824. The van der Waals surface area contributed by atoms with Crippen LogP contribution in [0.4, 0.5) is 0 Å². The molecule has 0 spiro atoms. The molecule has 0 aliphatic heterocycles. The maximum absolute atomic E-state index is 8.54. The fourth-order valence-electron chi connectivity index (χ4n) is 0.824. The van der Waals surface area contributed by atoms with E-state index in [2.05, 4.69) is 0 Å². The Morgan fingerprint density at radius 2 is 2.25 bits per heavy atom. The molecule has 1 rings (SSSR count). The van der Waals surface area contributed by atoms with Crippen LogP contribution in [0.5, 0.6) is 0 Å². The first kappa shape index (κ1) is 8.41. The van der Waals surface area contributed by atoms with Crippen LogP contribution in [-0.2, 0) is 0 Å². The summed E-state index contributed by atoms with van der Waals surface area (Å²) in [6.07, 6.45) is 0. The largest absolute Gasteiger partial charge is 0.460 e. The first-order valence-electron chi connectivity index (χ1n) is 3.58. The Hall–Kier alpha value is -1.69. The fraction of sp³-hybridized carbons (Fsp3) is 0.222. The molecule has 12 heavy (non-hydrogen) atoms. The predicted octanol–water partition coefficient (Wildman–Crippen LogP) is 1.80. The van der Waals surface area contributed by atoms with E-state index in [1.807, 2.05) is 19.1 Å². The van der Waals surface area contributed by atoms with Gasteiger partial charge >= 0.3 is 0 Å². The van der Waals surface area contributed by atoms with Crippen molar-refractivity contribution in [3.05, 3.63) is 29.2 Å². The number of rotatable bonds is 1. The van der Waals surface area contributed by atoms with Crippen LogP contribution in [0.1, 0.15) is 18.4 Å². The maximum Gasteiger partial charge on any atom is 0.150 e. The third kappa shape index (κ3) is 1.48. The maximum atomic E-state index is 8.54. The topological polar surface area (TPSA) is 63.0 Å². The normalized spacial score (nSPS) is 12.1. The van der Waals surface area contributed by atoms with Gasteiger partial charge in [-0.3, -0.25) is 0 Å². The Morgan fingerprint density at radius 1 is 1.58 bits per heavy atom. The average molecular weight is 162 g/mol. The van der Waals surface area contributed by atoms with Gasteiger partial charge in [0.2, 0.25) is 0 Å². The molecule has 3 heteroatoms. The lowest BCUT2D eigenvalue weighted by Crippen LogP contribution is -1.97. The van der Waals surface area contributed by atoms with Crippen LogP contribution in [0.3, 0.4) is 0 Å². The average Bonchev–Trinajstić information content (AvgIpc) is 2.49. The second-order valence-corrected chi connectivity index (χ2v) is 2.56. The minimum atomic E-state index is 0.408. The van der Waals surface area contributed by atoms with Crippen molar-refractivity contribution in [3.63, 3.8) is 0 Å². The van der Waals surface area contributed by atoms with Gasteiger partial charge in [-0.1, -0.05) is 0 Å². The highest BCUT2D eigenvalue weighted by atomic mass is 16.3. The molecule has 0 fully saturated rings. The van der Waals surface area contributed by atoms with Gasteiger partial charge in [0, 0.05) is 0 Å². The van der Waals surface area contributed by atoms with Gasteiger partial charge in [-0.15, -0.1) is 0 Å². The molecule has 0 radical (unpaired) electrons. The minimum absolute atomic E-state index is 0.408. The van der Waals surface area contributed by atoms with Gasteiger partial charge in [0.25, 0.3) is 0 Å².